The van der Waals surface area contributed by atoms with Gasteiger partial charge in [0.05, 0.1) is 0 Å². The highest BCUT2D eigenvalue weighted by Gasteiger charge is 1.97. The number of hydrogen-bond donors (Lipinski definition) is 1. The van der Waals surface area contributed by atoms with Gasteiger partial charge >= 0.3 is 0 Å². The van der Waals surface area contributed by atoms with Gasteiger partial charge in [0, 0.05) is 11.8 Å². The molecule has 0 unspecified atom stereocenters. The molecule has 0 saturated carbocycles. The minimum atomic E-state index is 0.433. The summed E-state index contributed by atoms with van der Waals surface area (Å²) in [6.45, 7) is 2.13. The second-order valence-electron chi connectivity index (χ2n) is 3.40. The van der Waals surface area contributed by atoms with Crippen LogP contribution in [0.25, 0.3) is 0 Å². The van der Waals surface area contributed by atoms with Gasteiger partial charge in [-0.05, 0) is 24.1 Å². The minimum Gasteiger partial charge on any atom is -0.340 e. The van der Waals surface area contributed by atoms with Crippen molar-refractivity contribution in [3.05, 3.63) is 47.4 Å². The van der Waals surface area contributed by atoms with Gasteiger partial charge in [0.2, 0.25) is 0 Å². The Morgan fingerprint density at radius 1 is 1.19 bits per heavy atom. The average molecular weight is 234 g/mol. The maximum Gasteiger partial charge on any atom is 0.135 e. The van der Waals surface area contributed by atoms with Crippen LogP contribution in [0.4, 0.5) is 11.5 Å². The minimum absolute atomic E-state index is 0.433. The summed E-state index contributed by atoms with van der Waals surface area (Å²) in [6.07, 6.45) is 2.48. The first-order valence-electron chi connectivity index (χ1n) is 5.11. The summed E-state index contributed by atoms with van der Waals surface area (Å²) >= 11 is 5.77. The van der Waals surface area contributed by atoms with Crippen LogP contribution in [0.1, 0.15) is 12.5 Å². The monoisotopic (exact) mass is 233 g/mol. The van der Waals surface area contributed by atoms with E-state index in [9.17, 15) is 0 Å². The fraction of sp³-hybridized carbons (Fsp3) is 0.167. The van der Waals surface area contributed by atoms with Crippen LogP contribution >= 0.6 is 11.6 Å². The molecular weight excluding hydrogens is 222 g/mol. The van der Waals surface area contributed by atoms with Crippen molar-refractivity contribution in [3.8, 4) is 0 Å². The highest BCUT2D eigenvalue weighted by atomic mass is 35.5. The highest BCUT2D eigenvalue weighted by Crippen LogP contribution is 2.16. The summed E-state index contributed by atoms with van der Waals surface area (Å²) in [5, 5.41) is 3.59. The van der Waals surface area contributed by atoms with E-state index in [-0.39, 0.29) is 0 Å². The van der Waals surface area contributed by atoms with Gasteiger partial charge in [0.25, 0.3) is 0 Å². The van der Waals surface area contributed by atoms with Gasteiger partial charge in [-0.15, -0.1) is 0 Å². The molecular formula is C12H12ClN3. The van der Waals surface area contributed by atoms with Crippen LogP contribution < -0.4 is 5.32 Å². The molecule has 0 aliphatic rings. The number of anilines is 2. The van der Waals surface area contributed by atoms with E-state index in [2.05, 4.69) is 34.3 Å². The quantitative estimate of drug-likeness (QED) is 0.826. The lowest BCUT2D eigenvalue weighted by Gasteiger charge is -2.05. The number of aryl methyl sites for hydroxylation is 1. The van der Waals surface area contributed by atoms with Crippen LogP contribution in [0.2, 0.25) is 5.15 Å². The standard InChI is InChI=1S/C12H12ClN3/c1-2-9-3-5-10(6-4-9)16-12-7-11(13)14-8-15-12/h3-8H,2H2,1H3,(H,14,15,16). The normalized spacial score (nSPS) is 10.1. The zero-order valence-electron chi connectivity index (χ0n) is 8.94. The smallest absolute Gasteiger partial charge is 0.135 e. The number of rotatable bonds is 3. The number of nitrogens with zero attached hydrogens (tertiary/aromatic N) is 2. The molecule has 2 aromatic rings. The van der Waals surface area contributed by atoms with Gasteiger partial charge in [-0.3, -0.25) is 0 Å². The predicted molar refractivity (Wildman–Crippen MR) is 66.1 cm³/mol. The Labute approximate surface area is 99.5 Å². The van der Waals surface area contributed by atoms with E-state index in [0.717, 1.165) is 12.1 Å². The molecule has 0 aliphatic carbocycles. The predicted octanol–water partition coefficient (Wildman–Crippen LogP) is 3.44. The van der Waals surface area contributed by atoms with Crippen molar-refractivity contribution in [3.63, 3.8) is 0 Å². The largest absolute Gasteiger partial charge is 0.340 e. The van der Waals surface area contributed by atoms with Crippen molar-refractivity contribution < 1.29 is 0 Å². The van der Waals surface area contributed by atoms with Crippen molar-refractivity contribution in [2.75, 3.05) is 5.32 Å². The third-order valence-electron chi connectivity index (χ3n) is 2.27. The molecule has 2 rings (SSSR count). The van der Waals surface area contributed by atoms with E-state index in [4.69, 9.17) is 11.6 Å². The van der Waals surface area contributed by atoms with Crippen LogP contribution in [0.15, 0.2) is 36.7 Å². The molecule has 16 heavy (non-hydrogen) atoms. The Kier molecular flexibility index (Phi) is 3.37. The summed E-state index contributed by atoms with van der Waals surface area (Å²) in [5.74, 6) is 0.698. The second kappa shape index (κ2) is 4.94. The lowest BCUT2D eigenvalue weighted by atomic mass is 10.1. The lowest BCUT2D eigenvalue weighted by Crippen LogP contribution is -1.94. The molecule has 0 radical (unpaired) electrons. The number of halogens is 1. The average Bonchev–Trinajstić information content (AvgIpc) is 2.30. The maximum atomic E-state index is 5.77. The number of hydrogen-bond acceptors (Lipinski definition) is 3. The molecule has 0 amide bonds. The van der Waals surface area contributed by atoms with Crippen molar-refractivity contribution in [1.82, 2.24) is 9.97 Å². The molecule has 1 N–H and O–H groups in total. The molecule has 82 valence electrons. The SMILES string of the molecule is CCc1ccc(Nc2cc(Cl)ncn2)cc1. The van der Waals surface area contributed by atoms with Crippen molar-refractivity contribution in [2.24, 2.45) is 0 Å². The molecule has 0 atom stereocenters. The molecule has 1 aromatic carbocycles. The van der Waals surface area contributed by atoms with E-state index in [1.165, 1.54) is 11.9 Å². The molecule has 1 aromatic heterocycles. The van der Waals surface area contributed by atoms with Crippen molar-refractivity contribution in [1.29, 1.82) is 0 Å². The van der Waals surface area contributed by atoms with Crippen molar-refractivity contribution >= 4 is 23.1 Å². The Balaban J connectivity index is 2.14. The molecule has 4 heteroatoms. The van der Waals surface area contributed by atoms with Gasteiger partial charge in [-0.1, -0.05) is 30.7 Å². The van der Waals surface area contributed by atoms with E-state index in [0.29, 0.717) is 11.0 Å². The fourth-order valence-electron chi connectivity index (χ4n) is 1.37. The Hall–Kier alpha value is -1.61. The molecule has 0 aliphatic heterocycles. The Bertz CT molecular complexity index is 468. The molecule has 0 fully saturated rings. The van der Waals surface area contributed by atoms with E-state index >= 15 is 0 Å². The third-order valence-corrected chi connectivity index (χ3v) is 2.47. The van der Waals surface area contributed by atoms with E-state index < -0.39 is 0 Å². The summed E-state index contributed by atoms with van der Waals surface area (Å²) in [5.41, 5.74) is 2.30. The summed E-state index contributed by atoms with van der Waals surface area (Å²) in [6, 6.07) is 9.91. The lowest BCUT2D eigenvalue weighted by molar-refractivity contribution is 1.14. The number of aromatic nitrogens is 2. The second-order valence-corrected chi connectivity index (χ2v) is 3.79. The van der Waals surface area contributed by atoms with Crippen LogP contribution in [-0.2, 0) is 6.42 Å². The first kappa shape index (κ1) is 10.9. The van der Waals surface area contributed by atoms with Gasteiger partial charge < -0.3 is 5.32 Å². The molecule has 0 bridgehead atoms. The molecule has 3 nitrogen and oxygen atoms in total. The molecule has 1 heterocycles. The summed E-state index contributed by atoms with van der Waals surface area (Å²) in [7, 11) is 0. The van der Waals surface area contributed by atoms with Crippen molar-refractivity contribution in [2.45, 2.75) is 13.3 Å². The third kappa shape index (κ3) is 2.70. The Morgan fingerprint density at radius 3 is 2.56 bits per heavy atom. The fourth-order valence-corrected chi connectivity index (χ4v) is 1.52. The van der Waals surface area contributed by atoms with Crippen LogP contribution in [0.5, 0.6) is 0 Å². The zero-order chi connectivity index (χ0) is 11.4. The highest BCUT2D eigenvalue weighted by molar-refractivity contribution is 6.29. The molecule has 0 saturated heterocycles. The van der Waals surface area contributed by atoms with Crippen LogP contribution in [0, 0.1) is 0 Å². The van der Waals surface area contributed by atoms with Crippen LogP contribution in [-0.4, -0.2) is 9.97 Å². The van der Waals surface area contributed by atoms with E-state index in [1.807, 2.05) is 12.1 Å². The van der Waals surface area contributed by atoms with Crippen LogP contribution in [0.3, 0.4) is 0 Å². The van der Waals surface area contributed by atoms with Gasteiger partial charge in [-0.25, -0.2) is 9.97 Å². The summed E-state index contributed by atoms with van der Waals surface area (Å²) in [4.78, 5) is 7.89. The topological polar surface area (TPSA) is 37.8 Å². The van der Waals surface area contributed by atoms with E-state index in [1.54, 1.807) is 6.07 Å². The summed E-state index contributed by atoms with van der Waals surface area (Å²) < 4.78 is 0. The Morgan fingerprint density at radius 2 is 1.94 bits per heavy atom. The number of nitrogens with one attached hydrogen (secondary N) is 1. The maximum absolute atomic E-state index is 5.77. The van der Waals surface area contributed by atoms with Gasteiger partial charge in [0.15, 0.2) is 0 Å². The van der Waals surface area contributed by atoms with Gasteiger partial charge in [0.1, 0.15) is 17.3 Å². The molecule has 0 spiro atoms. The number of benzene rings is 1. The van der Waals surface area contributed by atoms with Gasteiger partial charge in [-0.2, -0.15) is 0 Å². The first-order chi connectivity index (χ1) is 7.78. The zero-order valence-corrected chi connectivity index (χ0v) is 9.70. The first-order valence-corrected chi connectivity index (χ1v) is 5.49.